The highest BCUT2D eigenvalue weighted by molar-refractivity contribution is 7.99. The third-order valence-electron chi connectivity index (χ3n) is 2.46. The number of hydrogen-bond donors (Lipinski definition) is 1. The fourth-order valence-corrected chi connectivity index (χ4v) is 2.56. The lowest BCUT2D eigenvalue weighted by atomic mass is 10.1. The largest absolute Gasteiger partial charge is 0.275 e. The molecule has 1 N–H and O–H groups in total. The van der Waals surface area contributed by atoms with Crippen LogP contribution < -0.4 is 5.43 Å². The molecule has 0 radical (unpaired) electrons. The Kier molecular flexibility index (Phi) is 1.89. The molecule has 0 saturated heterocycles. The Morgan fingerprint density at radius 3 is 3.00 bits per heavy atom. The van der Waals surface area contributed by atoms with Gasteiger partial charge in [0.2, 0.25) is 0 Å². The second kappa shape index (κ2) is 3.24. The molecule has 15 heavy (non-hydrogen) atoms. The summed E-state index contributed by atoms with van der Waals surface area (Å²) >= 11 is 1.56. The van der Waals surface area contributed by atoms with Gasteiger partial charge in [0.1, 0.15) is 10.6 Å². The van der Waals surface area contributed by atoms with E-state index in [2.05, 4.69) is 17.6 Å². The van der Waals surface area contributed by atoms with Crippen molar-refractivity contribution < 1.29 is 4.87 Å². The molecule has 0 atom stereocenters. The molecule has 0 aromatic heterocycles. The van der Waals surface area contributed by atoms with E-state index in [4.69, 9.17) is 0 Å². The van der Waals surface area contributed by atoms with E-state index in [-0.39, 0.29) is 0 Å². The predicted octanol–water partition coefficient (Wildman–Crippen LogP) is 3.01. The van der Waals surface area contributed by atoms with Crippen molar-refractivity contribution in [3.63, 3.8) is 0 Å². The van der Waals surface area contributed by atoms with E-state index in [0.717, 1.165) is 26.2 Å². The summed E-state index contributed by atoms with van der Waals surface area (Å²) in [6.45, 7) is 0. The topological polar surface area (TPSA) is 32.1 Å². The second-order valence-corrected chi connectivity index (χ2v) is 4.41. The number of nitrogens with zero attached hydrogens (tertiary/aromatic N) is 1. The Labute approximate surface area is 91.0 Å². The number of hydrazine groups is 1. The number of fused-ring (bicyclic) bond motifs is 3. The highest BCUT2D eigenvalue weighted by atomic mass is 32.2. The van der Waals surface area contributed by atoms with Crippen molar-refractivity contribution in [3.8, 4) is 0 Å². The molecular weight excluding hydrogens is 208 g/mol. The van der Waals surface area contributed by atoms with Gasteiger partial charge in [-0.25, -0.2) is 0 Å². The summed E-state index contributed by atoms with van der Waals surface area (Å²) in [7, 11) is 0. The van der Waals surface area contributed by atoms with Crippen molar-refractivity contribution in [3.05, 3.63) is 41.3 Å². The zero-order chi connectivity index (χ0) is 10.3. The lowest BCUT2D eigenvalue weighted by molar-refractivity contribution is -0.497. The van der Waals surface area contributed by atoms with Gasteiger partial charge in [-0.2, -0.15) is 0 Å². The van der Waals surface area contributed by atoms with Crippen LogP contribution in [0.15, 0.2) is 41.3 Å². The maximum absolute atomic E-state index is 11.3. The molecule has 4 heteroatoms. The average molecular weight is 217 g/mol. The Morgan fingerprint density at radius 2 is 2.07 bits per heavy atom. The van der Waals surface area contributed by atoms with Crippen LogP contribution in [0.4, 0.5) is 5.69 Å². The lowest BCUT2D eigenvalue weighted by Crippen LogP contribution is -2.19. The molecule has 0 saturated carbocycles. The fourth-order valence-electron chi connectivity index (χ4n) is 1.77. The summed E-state index contributed by atoms with van der Waals surface area (Å²) in [5.74, 6) is 0.436. The minimum atomic E-state index is 0.436. The predicted molar refractivity (Wildman–Crippen MR) is 61.9 cm³/mol. The van der Waals surface area contributed by atoms with Crippen molar-refractivity contribution in [2.75, 3.05) is 11.3 Å². The van der Waals surface area contributed by atoms with Crippen molar-refractivity contribution in [1.29, 1.82) is 0 Å². The van der Waals surface area contributed by atoms with Crippen LogP contribution in [0, 0.1) is 4.91 Å². The minimum Gasteiger partial charge on any atom is -0.118 e. The summed E-state index contributed by atoms with van der Waals surface area (Å²) in [5.41, 5.74) is 3.79. The van der Waals surface area contributed by atoms with Gasteiger partial charge >= 0.3 is 0 Å². The number of anilines is 1. The van der Waals surface area contributed by atoms with Crippen LogP contribution in [0.3, 0.4) is 0 Å². The molecule has 1 heterocycles. The number of thioether (sulfide) groups is 1. The van der Waals surface area contributed by atoms with Crippen molar-refractivity contribution in [2.24, 2.45) is 0 Å². The van der Waals surface area contributed by atoms with E-state index in [1.807, 2.05) is 24.3 Å². The first-order valence-electron chi connectivity index (χ1n) is 4.70. The van der Waals surface area contributed by atoms with Gasteiger partial charge in [-0.3, -0.25) is 0 Å². The molecule has 74 valence electrons. The molecule has 3 rings (SSSR count). The number of rotatable bonds is 0. The van der Waals surface area contributed by atoms with Gasteiger partial charge < -0.3 is 0 Å². The van der Waals surface area contributed by atoms with Crippen molar-refractivity contribution >= 4 is 28.2 Å². The van der Waals surface area contributed by atoms with Crippen LogP contribution in [0.2, 0.25) is 0 Å². The molecule has 3 nitrogen and oxygen atoms in total. The van der Waals surface area contributed by atoms with Gasteiger partial charge in [-0.05, 0) is 23.2 Å². The van der Waals surface area contributed by atoms with E-state index < -0.39 is 0 Å². The van der Waals surface area contributed by atoms with Crippen molar-refractivity contribution in [1.82, 2.24) is 0 Å². The number of nitroso groups, excluding NO2 is 1. The van der Waals surface area contributed by atoms with Gasteiger partial charge in [0, 0.05) is 10.3 Å². The molecule has 0 fully saturated rings. The first-order valence-corrected chi connectivity index (χ1v) is 5.69. The number of benzene rings is 2. The molecular formula is C11H9N2OS+. The summed E-state index contributed by atoms with van der Waals surface area (Å²) in [6, 6.07) is 12.2. The molecule has 1 aliphatic rings. The Bertz CT molecular complexity index is 553. The smallest absolute Gasteiger partial charge is 0.118 e. The molecule has 2 aromatic rings. The van der Waals surface area contributed by atoms with Crippen LogP contribution in [-0.2, 0) is 0 Å². The summed E-state index contributed by atoms with van der Waals surface area (Å²) in [6.07, 6.45) is 0. The molecule has 0 bridgehead atoms. The van der Waals surface area contributed by atoms with Crippen LogP contribution >= 0.6 is 11.8 Å². The SMILES string of the molecule is O=[N+]1CSc2ccc3ccccc3c2N1. The summed E-state index contributed by atoms with van der Waals surface area (Å²) in [5, 5.41) is 2.25. The second-order valence-electron chi connectivity index (χ2n) is 3.42. The van der Waals surface area contributed by atoms with Crippen LogP contribution in [0.25, 0.3) is 10.8 Å². The van der Waals surface area contributed by atoms with Gasteiger partial charge in [0.25, 0.3) is 5.88 Å². The molecule has 1 aliphatic heterocycles. The first kappa shape index (κ1) is 8.73. The quantitative estimate of drug-likeness (QED) is 0.688. The lowest BCUT2D eigenvalue weighted by Gasteiger charge is -2.12. The molecule has 0 amide bonds. The zero-order valence-electron chi connectivity index (χ0n) is 7.93. The van der Waals surface area contributed by atoms with Gasteiger partial charge in [-0.1, -0.05) is 30.3 Å². The highest BCUT2D eigenvalue weighted by Gasteiger charge is 2.22. The Morgan fingerprint density at radius 1 is 1.20 bits per heavy atom. The normalized spacial score (nSPS) is 14.8. The Balaban J connectivity index is 2.32. The minimum absolute atomic E-state index is 0.436. The third-order valence-corrected chi connectivity index (χ3v) is 3.48. The van der Waals surface area contributed by atoms with E-state index in [1.165, 1.54) is 0 Å². The summed E-state index contributed by atoms with van der Waals surface area (Å²) in [4.78, 5) is 13.3. The van der Waals surface area contributed by atoms with E-state index in [9.17, 15) is 4.91 Å². The molecule has 0 spiro atoms. The van der Waals surface area contributed by atoms with Gasteiger partial charge in [-0.15, -0.1) is 5.43 Å². The fraction of sp³-hybridized carbons (Fsp3) is 0.0909. The zero-order valence-corrected chi connectivity index (χ0v) is 8.75. The maximum atomic E-state index is 11.3. The Hall–Kier alpha value is -1.55. The first-order chi connectivity index (χ1) is 7.34. The third kappa shape index (κ3) is 1.37. The van der Waals surface area contributed by atoms with Gasteiger partial charge in [0.15, 0.2) is 0 Å². The monoisotopic (exact) mass is 217 g/mol. The molecule has 0 aliphatic carbocycles. The van der Waals surface area contributed by atoms with Gasteiger partial charge in [0.05, 0.1) is 4.91 Å². The van der Waals surface area contributed by atoms with E-state index in [0.29, 0.717) is 5.88 Å². The van der Waals surface area contributed by atoms with Crippen LogP contribution in [-0.4, -0.2) is 10.7 Å². The van der Waals surface area contributed by atoms with Crippen LogP contribution in [0.1, 0.15) is 0 Å². The van der Waals surface area contributed by atoms with Crippen molar-refractivity contribution in [2.45, 2.75) is 4.90 Å². The maximum Gasteiger partial charge on any atom is 0.275 e. The van der Waals surface area contributed by atoms with Crippen LogP contribution in [0.5, 0.6) is 0 Å². The van der Waals surface area contributed by atoms with E-state index >= 15 is 0 Å². The standard InChI is InChI=1S/C11H9N2OS/c14-13-7-15-10-6-5-8-3-1-2-4-9(8)11(10)12-13/h1-6H,7H2,(H,12,14)/q+1. The number of nitrogens with one attached hydrogen (secondary N) is 1. The average Bonchev–Trinajstić information content (AvgIpc) is 2.29. The van der Waals surface area contributed by atoms with E-state index in [1.54, 1.807) is 11.8 Å². The molecule has 0 unspecified atom stereocenters. The summed E-state index contributed by atoms with van der Waals surface area (Å²) < 4.78 is 0. The number of hydrogen-bond acceptors (Lipinski definition) is 2. The highest BCUT2D eigenvalue weighted by Crippen LogP contribution is 2.36. The molecule has 2 aromatic carbocycles.